The van der Waals surface area contributed by atoms with E-state index in [4.69, 9.17) is 0 Å². The van der Waals surface area contributed by atoms with Gasteiger partial charge in [-0.1, -0.05) is 20.8 Å². The van der Waals surface area contributed by atoms with Crippen LogP contribution in [-0.2, 0) is 15.6 Å². The first kappa shape index (κ1) is 15.6. The summed E-state index contributed by atoms with van der Waals surface area (Å²) in [4.78, 5) is 11.3. The van der Waals surface area contributed by atoms with Crippen LogP contribution in [0.25, 0.3) is 0 Å². The second-order valence-corrected chi connectivity index (χ2v) is 6.01. The van der Waals surface area contributed by atoms with Gasteiger partial charge in [0.05, 0.1) is 6.54 Å². The molecule has 0 aromatic rings. The zero-order valence-corrected chi connectivity index (χ0v) is 11.4. The predicted octanol–water partition coefficient (Wildman–Crippen LogP) is 0.507. The van der Waals surface area contributed by atoms with E-state index in [1.165, 1.54) is 0 Å². The molecule has 5 heteroatoms. The molecule has 16 heavy (non-hydrogen) atoms. The van der Waals surface area contributed by atoms with Gasteiger partial charge >= 0.3 is 0 Å². The highest BCUT2D eigenvalue weighted by Gasteiger charge is 2.01. The molecule has 0 aliphatic heterocycles. The molecule has 0 heterocycles. The molecule has 0 rings (SSSR count). The highest BCUT2D eigenvalue weighted by molar-refractivity contribution is 7.84. The molecule has 0 fully saturated rings. The average Bonchev–Trinajstić information content (AvgIpc) is 2.23. The van der Waals surface area contributed by atoms with Crippen LogP contribution in [0.4, 0.5) is 0 Å². The summed E-state index contributed by atoms with van der Waals surface area (Å²) in [7, 11) is -0.747. The summed E-state index contributed by atoms with van der Waals surface area (Å²) in [5.41, 5.74) is 0. The summed E-state index contributed by atoms with van der Waals surface area (Å²) in [5, 5.41) is 5.82. The van der Waals surface area contributed by atoms with Crippen LogP contribution in [0.5, 0.6) is 0 Å². The van der Waals surface area contributed by atoms with Gasteiger partial charge in [0.25, 0.3) is 0 Å². The van der Waals surface area contributed by atoms with Gasteiger partial charge in [-0.15, -0.1) is 0 Å². The summed E-state index contributed by atoms with van der Waals surface area (Å²) in [5.74, 6) is 1.93. The molecule has 4 nitrogen and oxygen atoms in total. The molecule has 0 aromatic heterocycles. The van der Waals surface area contributed by atoms with Gasteiger partial charge in [-0.25, -0.2) is 0 Å². The number of hydrogen-bond acceptors (Lipinski definition) is 3. The second kappa shape index (κ2) is 9.78. The zero-order valence-electron chi connectivity index (χ0n) is 10.5. The minimum absolute atomic E-state index is 0.0166. The summed E-state index contributed by atoms with van der Waals surface area (Å²) in [6.07, 6.45) is 1.01. The van der Waals surface area contributed by atoms with Gasteiger partial charge in [0.2, 0.25) is 5.91 Å². The van der Waals surface area contributed by atoms with E-state index in [0.29, 0.717) is 30.5 Å². The SMILES string of the molecule is CCS(=O)CCNCC(=O)NCCC(C)C. The molecular formula is C11H24N2O2S. The first-order valence-electron chi connectivity index (χ1n) is 5.88. The third-order valence-electron chi connectivity index (χ3n) is 2.16. The van der Waals surface area contributed by atoms with Gasteiger partial charge in [-0.05, 0) is 12.3 Å². The maximum Gasteiger partial charge on any atom is 0.233 e. The maximum absolute atomic E-state index is 11.3. The van der Waals surface area contributed by atoms with E-state index in [1.807, 2.05) is 6.92 Å². The lowest BCUT2D eigenvalue weighted by Gasteiger charge is -2.07. The summed E-state index contributed by atoms with van der Waals surface area (Å²) >= 11 is 0. The average molecular weight is 248 g/mol. The van der Waals surface area contributed by atoms with Gasteiger partial charge in [0.1, 0.15) is 0 Å². The number of rotatable bonds is 9. The Kier molecular flexibility index (Phi) is 9.52. The van der Waals surface area contributed by atoms with Crippen LogP contribution in [0.15, 0.2) is 0 Å². The van der Waals surface area contributed by atoms with Crippen molar-refractivity contribution in [2.45, 2.75) is 27.2 Å². The van der Waals surface area contributed by atoms with Crippen LogP contribution < -0.4 is 10.6 Å². The third-order valence-corrected chi connectivity index (χ3v) is 3.46. The number of amides is 1. The Morgan fingerprint density at radius 3 is 2.56 bits per heavy atom. The Hall–Kier alpha value is -0.420. The monoisotopic (exact) mass is 248 g/mol. The Balaban J connectivity index is 3.34. The second-order valence-electron chi connectivity index (χ2n) is 4.14. The van der Waals surface area contributed by atoms with Gasteiger partial charge in [-0.3, -0.25) is 9.00 Å². The fourth-order valence-corrected chi connectivity index (χ4v) is 1.76. The number of carbonyl (C=O) groups is 1. The van der Waals surface area contributed by atoms with Crippen LogP contribution in [0.1, 0.15) is 27.2 Å². The number of hydrogen-bond donors (Lipinski definition) is 2. The summed E-state index contributed by atoms with van der Waals surface area (Å²) < 4.78 is 11.1. The molecule has 0 saturated carbocycles. The zero-order chi connectivity index (χ0) is 12.4. The molecule has 0 saturated heterocycles. The number of nitrogens with one attached hydrogen (secondary N) is 2. The summed E-state index contributed by atoms with van der Waals surface area (Å²) in [6.45, 7) is 7.85. The predicted molar refractivity (Wildman–Crippen MR) is 68.9 cm³/mol. The lowest BCUT2D eigenvalue weighted by Crippen LogP contribution is -2.36. The van der Waals surface area contributed by atoms with E-state index in [1.54, 1.807) is 0 Å². The van der Waals surface area contributed by atoms with Crippen LogP contribution in [0, 0.1) is 5.92 Å². The van der Waals surface area contributed by atoms with E-state index in [2.05, 4.69) is 24.5 Å². The van der Waals surface area contributed by atoms with E-state index >= 15 is 0 Å². The Morgan fingerprint density at radius 1 is 1.31 bits per heavy atom. The normalized spacial score (nSPS) is 12.8. The van der Waals surface area contributed by atoms with Crippen molar-refractivity contribution in [3.63, 3.8) is 0 Å². The van der Waals surface area contributed by atoms with Crippen molar-refractivity contribution in [2.24, 2.45) is 5.92 Å². The van der Waals surface area contributed by atoms with Crippen LogP contribution >= 0.6 is 0 Å². The maximum atomic E-state index is 11.3. The lowest BCUT2D eigenvalue weighted by atomic mass is 10.1. The smallest absolute Gasteiger partial charge is 0.233 e. The van der Waals surface area contributed by atoms with Gasteiger partial charge in [0.15, 0.2) is 0 Å². The van der Waals surface area contributed by atoms with Crippen molar-refractivity contribution in [3.05, 3.63) is 0 Å². The van der Waals surface area contributed by atoms with Crippen molar-refractivity contribution < 1.29 is 9.00 Å². The highest BCUT2D eigenvalue weighted by Crippen LogP contribution is 1.95. The first-order valence-corrected chi connectivity index (χ1v) is 7.37. The molecule has 0 aromatic carbocycles. The van der Waals surface area contributed by atoms with Crippen molar-refractivity contribution >= 4 is 16.7 Å². The van der Waals surface area contributed by atoms with Crippen LogP contribution in [0.2, 0.25) is 0 Å². The van der Waals surface area contributed by atoms with E-state index in [9.17, 15) is 9.00 Å². The Labute approximate surface area is 101 Å². The molecule has 0 radical (unpaired) electrons. The van der Waals surface area contributed by atoms with Gasteiger partial charge in [-0.2, -0.15) is 0 Å². The highest BCUT2D eigenvalue weighted by atomic mass is 32.2. The summed E-state index contributed by atoms with van der Waals surface area (Å²) in [6, 6.07) is 0. The fraction of sp³-hybridized carbons (Fsp3) is 0.909. The quantitative estimate of drug-likeness (QED) is 0.584. The van der Waals surface area contributed by atoms with E-state index < -0.39 is 10.8 Å². The molecule has 0 spiro atoms. The van der Waals surface area contributed by atoms with E-state index in [-0.39, 0.29) is 5.91 Å². The topological polar surface area (TPSA) is 58.2 Å². The van der Waals surface area contributed by atoms with Crippen molar-refractivity contribution in [1.82, 2.24) is 10.6 Å². The van der Waals surface area contributed by atoms with E-state index in [0.717, 1.165) is 13.0 Å². The molecule has 1 unspecified atom stereocenters. The van der Waals surface area contributed by atoms with Crippen LogP contribution in [-0.4, -0.2) is 41.3 Å². The largest absolute Gasteiger partial charge is 0.355 e. The Bertz CT molecular complexity index is 220. The first-order chi connectivity index (χ1) is 7.56. The fourth-order valence-electron chi connectivity index (χ4n) is 1.10. The molecule has 0 aliphatic carbocycles. The van der Waals surface area contributed by atoms with Gasteiger partial charge in [0, 0.05) is 35.4 Å². The third kappa shape index (κ3) is 10.1. The Morgan fingerprint density at radius 2 is 2.00 bits per heavy atom. The van der Waals surface area contributed by atoms with Crippen molar-refractivity contribution in [2.75, 3.05) is 31.1 Å². The molecule has 96 valence electrons. The molecule has 1 atom stereocenters. The van der Waals surface area contributed by atoms with Crippen molar-refractivity contribution in [3.8, 4) is 0 Å². The standard InChI is InChI=1S/C11H24N2O2S/c1-4-16(15)8-7-12-9-11(14)13-6-5-10(2)3/h10,12H,4-9H2,1-3H3,(H,13,14). The molecule has 1 amide bonds. The molecule has 0 aliphatic rings. The van der Waals surface area contributed by atoms with Crippen molar-refractivity contribution in [1.29, 1.82) is 0 Å². The number of carbonyl (C=O) groups excluding carboxylic acids is 1. The lowest BCUT2D eigenvalue weighted by molar-refractivity contribution is -0.120. The van der Waals surface area contributed by atoms with Crippen LogP contribution in [0.3, 0.4) is 0 Å². The van der Waals surface area contributed by atoms with Gasteiger partial charge < -0.3 is 10.6 Å². The minimum Gasteiger partial charge on any atom is -0.355 e. The molecule has 0 bridgehead atoms. The molecule has 2 N–H and O–H groups in total. The molecular weight excluding hydrogens is 224 g/mol. The minimum atomic E-state index is -0.747.